The minimum absolute atomic E-state index is 0.00318. The van der Waals surface area contributed by atoms with Crippen LogP contribution in [0.5, 0.6) is 11.5 Å². The molecule has 0 saturated carbocycles. The van der Waals surface area contributed by atoms with Gasteiger partial charge in [0.1, 0.15) is 16.5 Å². The van der Waals surface area contributed by atoms with Crippen molar-refractivity contribution in [1.82, 2.24) is 0 Å². The number of nitrogens with one attached hydrogen (secondary N) is 1. The summed E-state index contributed by atoms with van der Waals surface area (Å²) in [5.41, 5.74) is 2.27. The molecule has 0 unspecified atom stereocenters. The van der Waals surface area contributed by atoms with Crippen molar-refractivity contribution in [1.29, 1.82) is 5.26 Å². The van der Waals surface area contributed by atoms with Gasteiger partial charge in [-0.1, -0.05) is 29.8 Å². The van der Waals surface area contributed by atoms with Gasteiger partial charge in [0.15, 0.2) is 11.5 Å². The molecule has 9 heteroatoms. The van der Waals surface area contributed by atoms with E-state index in [1.54, 1.807) is 37.3 Å². The molecule has 7 nitrogen and oxygen atoms in total. The number of amides is 1. The summed E-state index contributed by atoms with van der Waals surface area (Å²) in [6.07, 6.45) is 3.22. The van der Waals surface area contributed by atoms with E-state index < -0.39 is 16.0 Å². The van der Waals surface area contributed by atoms with Crippen LogP contribution in [-0.2, 0) is 21.3 Å². The lowest BCUT2D eigenvalue weighted by molar-refractivity contribution is -0.112. The Morgan fingerprint density at radius 1 is 1.16 bits per heavy atom. The molecule has 0 spiro atoms. The second-order valence-corrected chi connectivity index (χ2v) is 9.90. The van der Waals surface area contributed by atoms with Gasteiger partial charge in [-0.15, -0.1) is 6.58 Å². The van der Waals surface area contributed by atoms with E-state index in [-0.39, 0.29) is 35.0 Å². The molecule has 190 valence electrons. The van der Waals surface area contributed by atoms with E-state index >= 15 is 0 Å². The van der Waals surface area contributed by atoms with E-state index in [2.05, 4.69) is 11.9 Å². The smallest absolute Gasteiger partial charge is 0.339 e. The van der Waals surface area contributed by atoms with Crippen LogP contribution in [0.4, 0.5) is 5.69 Å². The number of hydrogen-bond acceptors (Lipinski definition) is 6. The Kier molecular flexibility index (Phi) is 9.12. The number of rotatable bonds is 10. The fourth-order valence-electron chi connectivity index (χ4n) is 3.43. The van der Waals surface area contributed by atoms with Crippen molar-refractivity contribution in [3.05, 3.63) is 101 Å². The Balaban J connectivity index is 2.02. The lowest BCUT2D eigenvalue weighted by atomic mass is 10.0. The molecule has 0 aromatic heterocycles. The molecule has 0 fully saturated rings. The Labute approximate surface area is 221 Å². The Morgan fingerprint density at radius 3 is 2.51 bits per heavy atom. The van der Waals surface area contributed by atoms with Crippen LogP contribution in [0.1, 0.15) is 23.6 Å². The molecule has 3 rings (SSSR count). The number of benzene rings is 3. The Hall–Kier alpha value is -4.06. The minimum Gasteiger partial charge on any atom is -0.490 e. The number of carbonyl (C=O) groups excluding carboxylic acids is 1. The summed E-state index contributed by atoms with van der Waals surface area (Å²) in [5, 5.41) is 12.7. The van der Waals surface area contributed by atoms with E-state index in [9.17, 15) is 18.5 Å². The molecule has 0 bridgehead atoms. The highest BCUT2D eigenvalue weighted by Crippen LogP contribution is 2.37. The number of carbonyl (C=O) groups is 1. The fourth-order valence-corrected chi connectivity index (χ4v) is 4.53. The second kappa shape index (κ2) is 12.3. The van der Waals surface area contributed by atoms with E-state index in [1.165, 1.54) is 36.4 Å². The van der Waals surface area contributed by atoms with Gasteiger partial charge in [0.05, 0.1) is 6.61 Å². The van der Waals surface area contributed by atoms with Gasteiger partial charge < -0.3 is 14.2 Å². The molecule has 0 aliphatic rings. The van der Waals surface area contributed by atoms with Crippen molar-refractivity contribution < 1.29 is 22.1 Å². The summed E-state index contributed by atoms with van der Waals surface area (Å²) >= 11 is 5.88. The van der Waals surface area contributed by atoms with Gasteiger partial charge in [0.2, 0.25) is 0 Å². The molecule has 0 heterocycles. The Morgan fingerprint density at radius 2 is 1.89 bits per heavy atom. The van der Waals surface area contributed by atoms with Gasteiger partial charge >= 0.3 is 10.1 Å². The van der Waals surface area contributed by atoms with Crippen molar-refractivity contribution >= 4 is 39.4 Å². The highest BCUT2D eigenvalue weighted by Gasteiger charge is 2.23. The number of anilines is 1. The number of nitrogens with zero attached hydrogens (tertiary/aromatic N) is 1. The average Bonchev–Trinajstić information content (AvgIpc) is 2.85. The molecule has 3 aromatic carbocycles. The third kappa shape index (κ3) is 7.23. The maximum absolute atomic E-state index is 13.0. The van der Waals surface area contributed by atoms with Crippen molar-refractivity contribution in [2.24, 2.45) is 0 Å². The first-order valence-electron chi connectivity index (χ1n) is 11.3. The summed E-state index contributed by atoms with van der Waals surface area (Å²) in [7, 11) is -4.21. The maximum atomic E-state index is 13.0. The van der Waals surface area contributed by atoms with Crippen molar-refractivity contribution in [3.63, 3.8) is 0 Å². The van der Waals surface area contributed by atoms with Gasteiger partial charge in [-0.25, -0.2) is 0 Å². The molecule has 0 radical (unpaired) electrons. The predicted molar refractivity (Wildman–Crippen MR) is 144 cm³/mol. The summed E-state index contributed by atoms with van der Waals surface area (Å²) in [5.74, 6) is -0.444. The lowest BCUT2D eigenvalue weighted by Gasteiger charge is -2.16. The number of aryl methyl sites for hydroxylation is 1. The van der Waals surface area contributed by atoms with Crippen LogP contribution in [0.25, 0.3) is 6.08 Å². The topological polar surface area (TPSA) is 105 Å². The molecule has 0 aliphatic carbocycles. The molecule has 0 atom stereocenters. The van der Waals surface area contributed by atoms with Crippen LogP contribution >= 0.6 is 11.6 Å². The van der Waals surface area contributed by atoms with E-state index in [0.717, 1.165) is 5.56 Å². The number of hydrogen-bond donors (Lipinski definition) is 1. The van der Waals surface area contributed by atoms with Crippen LogP contribution in [0.3, 0.4) is 0 Å². The van der Waals surface area contributed by atoms with E-state index in [1.807, 2.05) is 19.1 Å². The Bertz CT molecular complexity index is 1490. The molecule has 3 aromatic rings. The predicted octanol–water partition coefficient (Wildman–Crippen LogP) is 6.09. The van der Waals surface area contributed by atoms with Crippen LogP contribution in [-0.4, -0.2) is 20.9 Å². The second-order valence-electron chi connectivity index (χ2n) is 7.92. The number of allylic oxidation sites excluding steroid dienone is 1. The maximum Gasteiger partial charge on any atom is 0.339 e. The quantitative estimate of drug-likeness (QED) is 0.145. The monoisotopic (exact) mass is 536 g/mol. The molecule has 1 N–H and O–H groups in total. The third-order valence-corrected chi connectivity index (χ3v) is 6.55. The molecule has 37 heavy (non-hydrogen) atoms. The van der Waals surface area contributed by atoms with Gasteiger partial charge in [0.25, 0.3) is 5.91 Å². The standard InChI is InChI=1S/C28H25ClN2O5S/c1-4-7-21-15-20(16-22(18-30)28(32)31-24-9-6-8-19(3)14-24)17-26(35-5-2)27(21)36-37(33,34)25-12-10-23(29)11-13-25/h4,6,8-17H,1,5,7H2,2-3H3,(H,31,32)/b22-16+. The molecule has 1 amide bonds. The molecule has 0 aliphatic heterocycles. The van der Waals surface area contributed by atoms with Crippen molar-refractivity contribution in [3.8, 4) is 17.6 Å². The van der Waals surface area contributed by atoms with Crippen LogP contribution < -0.4 is 14.2 Å². The zero-order valence-electron chi connectivity index (χ0n) is 20.3. The van der Waals surface area contributed by atoms with Crippen LogP contribution in [0, 0.1) is 18.3 Å². The number of halogens is 1. The van der Waals surface area contributed by atoms with E-state index in [0.29, 0.717) is 21.8 Å². The van der Waals surface area contributed by atoms with E-state index in [4.69, 9.17) is 20.5 Å². The van der Waals surface area contributed by atoms with Crippen LogP contribution in [0.2, 0.25) is 5.02 Å². The van der Waals surface area contributed by atoms with Gasteiger partial charge in [-0.3, -0.25) is 4.79 Å². The van der Waals surface area contributed by atoms with Gasteiger partial charge in [0, 0.05) is 16.3 Å². The molecular weight excluding hydrogens is 512 g/mol. The van der Waals surface area contributed by atoms with Gasteiger partial charge in [-0.2, -0.15) is 13.7 Å². The van der Waals surface area contributed by atoms with Crippen molar-refractivity contribution in [2.45, 2.75) is 25.2 Å². The summed E-state index contributed by atoms with van der Waals surface area (Å²) in [6.45, 7) is 7.58. The zero-order valence-corrected chi connectivity index (χ0v) is 21.9. The summed E-state index contributed by atoms with van der Waals surface area (Å²) in [4.78, 5) is 12.7. The average molecular weight is 537 g/mol. The highest BCUT2D eigenvalue weighted by atomic mass is 35.5. The minimum atomic E-state index is -4.21. The number of nitriles is 1. The van der Waals surface area contributed by atoms with Crippen molar-refractivity contribution in [2.75, 3.05) is 11.9 Å². The summed E-state index contributed by atoms with van der Waals surface area (Å²) < 4.78 is 37.1. The fraction of sp³-hybridized carbons (Fsp3) is 0.143. The largest absolute Gasteiger partial charge is 0.490 e. The zero-order chi connectivity index (χ0) is 27.0. The molecular formula is C28H25ClN2O5S. The first kappa shape index (κ1) is 27.5. The third-order valence-electron chi connectivity index (χ3n) is 5.07. The van der Waals surface area contributed by atoms with Crippen LogP contribution in [0.15, 0.2) is 83.8 Å². The SMILES string of the molecule is C=CCc1cc(/C=C(\C#N)C(=O)Nc2cccc(C)c2)cc(OCC)c1OS(=O)(=O)c1ccc(Cl)cc1. The highest BCUT2D eigenvalue weighted by molar-refractivity contribution is 7.87. The number of ether oxygens (including phenoxy) is 1. The van der Waals surface area contributed by atoms with Gasteiger partial charge in [-0.05, 0) is 86.0 Å². The normalized spacial score (nSPS) is 11.4. The first-order valence-corrected chi connectivity index (χ1v) is 13.1. The lowest BCUT2D eigenvalue weighted by Crippen LogP contribution is -2.14. The molecule has 0 saturated heterocycles. The summed E-state index contributed by atoms with van der Waals surface area (Å²) in [6, 6.07) is 17.8. The first-order chi connectivity index (χ1) is 17.7.